The molecule has 0 unspecified atom stereocenters. The van der Waals surface area contributed by atoms with E-state index in [0.717, 1.165) is 23.9 Å². The summed E-state index contributed by atoms with van der Waals surface area (Å²) in [4.78, 5) is 32.3. The molecule has 0 saturated carbocycles. The second-order valence-electron chi connectivity index (χ2n) is 9.08. The van der Waals surface area contributed by atoms with Crippen LogP contribution in [-0.4, -0.2) is 32.1 Å². The predicted molar refractivity (Wildman–Crippen MR) is 133 cm³/mol. The number of carbonyl (C=O) groups excluding carboxylic acids is 1. The quantitative estimate of drug-likeness (QED) is 0.123. The first-order valence-electron chi connectivity index (χ1n) is 13.0. The van der Waals surface area contributed by atoms with Gasteiger partial charge >= 0.3 is 11.5 Å². The van der Waals surface area contributed by atoms with Crippen LogP contribution in [0.5, 0.6) is 0 Å². The molecule has 0 aliphatic rings. The lowest BCUT2D eigenvalue weighted by Gasteiger charge is -2.05. The van der Waals surface area contributed by atoms with E-state index in [0.29, 0.717) is 6.54 Å². The van der Waals surface area contributed by atoms with Crippen molar-refractivity contribution in [2.75, 3.05) is 6.54 Å². The van der Waals surface area contributed by atoms with Gasteiger partial charge in [-0.1, -0.05) is 103 Å². The van der Waals surface area contributed by atoms with Crippen LogP contribution >= 0.6 is 0 Å². The van der Waals surface area contributed by atoms with Gasteiger partial charge in [0.1, 0.15) is 12.2 Å². The van der Waals surface area contributed by atoms with Crippen molar-refractivity contribution in [1.82, 2.24) is 15.1 Å². The number of nitrogens with one attached hydrogen (secondary N) is 1. The summed E-state index contributed by atoms with van der Waals surface area (Å²) in [5, 5.41) is 28.4. The van der Waals surface area contributed by atoms with Gasteiger partial charge in [0.25, 0.3) is 0 Å². The largest absolute Gasteiger partial charge is 0.468 e. The van der Waals surface area contributed by atoms with E-state index in [4.69, 9.17) is 0 Å². The molecular formula is C24H43N5O5. The van der Waals surface area contributed by atoms with Crippen LogP contribution in [0.2, 0.25) is 0 Å². The zero-order valence-electron chi connectivity index (χ0n) is 21.1. The Morgan fingerprint density at radius 1 is 0.794 bits per heavy atom. The van der Waals surface area contributed by atoms with Crippen molar-refractivity contribution >= 4 is 17.4 Å². The fourth-order valence-corrected chi connectivity index (χ4v) is 4.10. The van der Waals surface area contributed by atoms with Crippen LogP contribution in [0.3, 0.4) is 0 Å². The Hall–Kier alpha value is -2.52. The molecule has 34 heavy (non-hydrogen) atoms. The van der Waals surface area contributed by atoms with Crippen LogP contribution in [0.1, 0.15) is 115 Å². The summed E-state index contributed by atoms with van der Waals surface area (Å²) in [5.74, 6) is -1.20. The van der Waals surface area contributed by atoms with Crippen molar-refractivity contribution in [3.63, 3.8) is 0 Å². The average Bonchev–Trinajstić information content (AvgIpc) is 3.12. The molecule has 1 N–H and O–H groups in total. The van der Waals surface area contributed by atoms with Crippen molar-refractivity contribution < 1.29 is 14.6 Å². The second-order valence-corrected chi connectivity index (χ2v) is 9.08. The topological polar surface area (TPSA) is 133 Å². The highest BCUT2D eigenvalue weighted by atomic mass is 16.6. The van der Waals surface area contributed by atoms with Crippen molar-refractivity contribution in [2.24, 2.45) is 0 Å². The number of nitrogens with zero attached hydrogens (tertiary/aromatic N) is 4. The highest BCUT2D eigenvalue weighted by Gasteiger charge is 2.35. The monoisotopic (exact) mass is 481 g/mol. The van der Waals surface area contributed by atoms with Gasteiger partial charge in [-0.05, 0) is 18.3 Å². The molecule has 0 spiro atoms. The molecule has 0 aliphatic heterocycles. The van der Waals surface area contributed by atoms with Crippen LogP contribution in [0.25, 0.3) is 0 Å². The molecule has 1 heterocycles. The molecule has 0 radical (unpaired) electrons. The summed E-state index contributed by atoms with van der Waals surface area (Å²) < 4.78 is 1.01. The first kappa shape index (κ1) is 29.5. The fourth-order valence-electron chi connectivity index (χ4n) is 4.10. The van der Waals surface area contributed by atoms with Crippen LogP contribution in [0, 0.1) is 27.2 Å². The molecule has 1 aromatic rings. The molecule has 0 fully saturated rings. The van der Waals surface area contributed by atoms with Crippen LogP contribution in [-0.2, 0) is 11.3 Å². The van der Waals surface area contributed by atoms with Gasteiger partial charge in [-0.15, -0.1) is 0 Å². The van der Waals surface area contributed by atoms with Gasteiger partial charge in [-0.25, -0.2) is 0 Å². The lowest BCUT2D eigenvalue weighted by Crippen LogP contribution is -2.29. The van der Waals surface area contributed by atoms with Crippen LogP contribution in [0.15, 0.2) is 0 Å². The zero-order chi connectivity index (χ0) is 25.2. The minimum Gasteiger partial charge on any atom is -0.358 e. The van der Waals surface area contributed by atoms with E-state index in [-0.39, 0.29) is 18.1 Å². The lowest BCUT2D eigenvalue weighted by atomic mass is 10.0. The molecule has 0 saturated heterocycles. The van der Waals surface area contributed by atoms with Gasteiger partial charge in [0.15, 0.2) is 0 Å². The first-order chi connectivity index (χ1) is 16.4. The number of unbranched alkanes of at least 4 members (excludes halogenated alkanes) is 15. The molecule has 10 heteroatoms. The Morgan fingerprint density at radius 2 is 1.24 bits per heavy atom. The van der Waals surface area contributed by atoms with Crippen LogP contribution < -0.4 is 5.32 Å². The van der Waals surface area contributed by atoms with E-state index in [1.807, 2.05) is 0 Å². The second kappa shape index (κ2) is 17.9. The van der Waals surface area contributed by atoms with E-state index in [9.17, 15) is 25.0 Å². The van der Waals surface area contributed by atoms with Crippen molar-refractivity contribution in [3.8, 4) is 0 Å². The lowest BCUT2D eigenvalue weighted by molar-refractivity contribution is -0.424. The summed E-state index contributed by atoms with van der Waals surface area (Å²) in [5.41, 5.74) is -0.676. The van der Waals surface area contributed by atoms with Gasteiger partial charge in [0.05, 0.1) is 10.0 Å². The fraction of sp³-hybridized carbons (Fsp3) is 0.833. The number of hydrogen-bond donors (Lipinski definition) is 1. The predicted octanol–water partition coefficient (Wildman–Crippen LogP) is 6.39. The third-order valence-electron chi connectivity index (χ3n) is 6.16. The smallest absolute Gasteiger partial charge is 0.358 e. The van der Waals surface area contributed by atoms with E-state index in [1.165, 1.54) is 90.4 Å². The Labute approximate surface area is 203 Å². The van der Waals surface area contributed by atoms with Gasteiger partial charge in [0.2, 0.25) is 5.91 Å². The molecule has 1 amide bonds. The SMILES string of the molecule is CCCCCCCCCCCCCCCCCCNC(=O)Cn1nc([N+](=O)[O-])c([N+](=O)[O-])c1C. The normalized spacial score (nSPS) is 11.0. The number of hydrogen-bond acceptors (Lipinski definition) is 6. The van der Waals surface area contributed by atoms with Crippen molar-refractivity contribution in [1.29, 1.82) is 0 Å². The number of amides is 1. The third kappa shape index (κ3) is 12.1. The molecular weight excluding hydrogens is 438 g/mol. The van der Waals surface area contributed by atoms with E-state index >= 15 is 0 Å². The van der Waals surface area contributed by atoms with Gasteiger partial charge in [0, 0.05) is 6.54 Å². The molecule has 0 atom stereocenters. The van der Waals surface area contributed by atoms with Crippen molar-refractivity contribution in [3.05, 3.63) is 25.9 Å². The number of carbonyl (C=O) groups is 1. The highest BCUT2D eigenvalue weighted by Crippen LogP contribution is 2.28. The standard InChI is InChI=1S/C24H43N5O5/c1-3-4-5-6-7-8-9-10-11-12-13-14-15-16-17-18-19-25-22(30)20-27-21(2)23(28(31)32)24(26-27)29(33)34/h3-20H2,1-2H3,(H,25,30). The first-order valence-corrected chi connectivity index (χ1v) is 13.0. The average molecular weight is 482 g/mol. The Bertz CT molecular complexity index is 750. The van der Waals surface area contributed by atoms with E-state index < -0.39 is 21.4 Å². The molecule has 1 aromatic heterocycles. The Balaban J connectivity index is 2.01. The van der Waals surface area contributed by atoms with Gasteiger partial charge in [-0.3, -0.25) is 14.9 Å². The Morgan fingerprint density at radius 3 is 1.62 bits per heavy atom. The molecule has 0 aliphatic carbocycles. The maximum Gasteiger partial charge on any atom is 0.468 e. The molecule has 0 bridgehead atoms. The summed E-state index contributed by atoms with van der Waals surface area (Å²) in [7, 11) is 0. The molecule has 0 aromatic carbocycles. The van der Waals surface area contributed by atoms with E-state index in [1.54, 1.807) is 0 Å². The van der Waals surface area contributed by atoms with Gasteiger partial charge < -0.3 is 15.4 Å². The number of rotatable bonds is 21. The number of nitro groups is 2. The summed E-state index contributed by atoms with van der Waals surface area (Å²) in [6, 6.07) is 0. The van der Waals surface area contributed by atoms with Gasteiger partial charge in [-0.2, -0.15) is 4.68 Å². The van der Waals surface area contributed by atoms with Crippen molar-refractivity contribution in [2.45, 2.75) is 123 Å². The maximum atomic E-state index is 12.1. The number of aromatic nitrogens is 2. The minimum absolute atomic E-state index is 0.00532. The highest BCUT2D eigenvalue weighted by molar-refractivity contribution is 5.76. The Kier molecular flexibility index (Phi) is 15.5. The minimum atomic E-state index is -0.907. The molecule has 10 nitrogen and oxygen atoms in total. The van der Waals surface area contributed by atoms with E-state index in [2.05, 4.69) is 17.3 Å². The molecule has 1 rings (SSSR count). The zero-order valence-corrected chi connectivity index (χ0v) is 21.1. The molecule has 194 valence electrons. The summed E-state index contributed by atoms with van der Waals surface area (Å²) in [6.45, 7) is 3.84. The van der Waals surface area contributed by atoms with Crippen LogP contribution in [0.4, 0.5) is 11.5 Å². The summed E-state index contributed by atoms with van der Waals surface area (Å²) >= 11 is 0. The maximum absolute atomic E-state index is 12.1. The summed E-state index contributed by atoms with van der Waals surface area (Å²) in [6.07, 6.45) is 20.5. The third-order valence-corrected chi connectivity index (χ3v) is 6.16.